The van der Waals surface area contributed by atoms with E-state index in [0.717, 1.165) is 5.56 Å². The van der Waals surface area contributed by atoms with Gasteiger partial charge in [-0.05, 0) is 30.5 Å². The summed E-state index contributed by atoms with van der Waals surface area (Å²) in [4.78, 5) is 24.1. The summed E-state index contributed by atoms with van der Waals surface area (Å²) in [6.45, 7) is 5.95. The van der Waals surface area contributed by atoms with E-state index in [-0.39, 0.29) is 11.9 Å². The van der Waals surface area contributed by atoms with E-state index in [1.54, 1.807) is 31.2 Å². The lowest BCUT2D eigenvalue weighted by atomic mass is 9.95. The molecule has 1 heterocycles. The first kappa shape index (κ1) is 16.4. The number of esters is 1. The third-order valence-electron chi connectivity index (χ3n) is 3.24. The Balaban J connectivity index is 2.32. The molecule has 1 atom stereocenters. The van der Waals surface area contributed by atoms with E-state index >= 15 is 0 Å². The molecule has 118 valence electrons. The molecule has 1 aromatic carbocycles. The second-order valence-corrected chi connectivity index (χ2v) is 6.05. The van der Waals surface area contributed by atoms with Gasteiger partial charge in [-0.3, -0.25) is 0 Å². The van der Waals surface area contributed by atoms with Crippen LogP contribution in [0.15, 0.2) is 35.5 Å². The molecule has 2 N–H and O–H groups in total. The summed E-state index contributed by atoms with van der Waals surface area (Å²) in [7, 11) is 0. The fourth-order valence-corrected chi connectivity index (χ4v) is 2.32. The number of hydrogen-bond donors (Lipinski definition) is 2. The van der Waals surface area contributed by atoms with Crippen LogP contribution in [0.25, 0.3) is 0 Å². The van der Waals surface area contributed by atoms with Gasteiger partial charge in [0.15, 0.2) is 0 Å². The average Bonchev–Trinajstić information content (AvgIpc) is 2.44. The van der Waals surface area contributed by atoms with Gasteiger partial charge in [-0.2, -0.15) is 0 Å². The van der Waals surface area contributed by atoms with Gasteiger partial charge >= 0.3 is 12.0 Å². The highest BCUT2D eigenvalue weighted by Gasteiger charge is 2.32. The molecule has 0 bridgehead atoms. The molecule has 5 nitrogen and oxygen atoms in total. The van der Waals surface area contributed by atoms with Crippen molar-refractivity contribution in [1.82, 2.24) is 10.6 Å². The van der Waals surface area contributed by atoms with Crippen LogP contribution in [0, 0.1) is 5.92 Å². The van der Waals surface area contributed by atoms with Gasteiger partial charge in [0.25, 0.3) is 0 Å². The first-order valence-electron chi connectivity index (χ1n) is 7.09. The zero-order chi connectivity index (χ0) is 16.3. The zero-order valence-corrected chi connectivity index (χ0v) is 13.5. The maximum Gasteiger partial charge on any atom is 0.338 e. The number of halogens is 1. The van der Waals surface area contributed by atoms with Crippen LogP contribution < -0.4 is 10.6 Å². The topological polar surface area (TPSA) is 67.4 Å². The van der Waals surface area contributed by atoms with Gasteiger partial charge in [0, 0.05) is 10.7 Å². The van der Waals surface area contributed by atoms with Gasteiger partial charge in [0.1, 0.15) is 0 Å². The summed E-state index contributed by atoms with van der Waals surface area (Å²) < 4.78 is 5.31. The second-order valence-electron chi connectivity index (χ2n) is 5.61. The Morgan fingerprint density at radius 1 is 1.32 bits per heavy atom. The SMILES string of the molecule is CC1=C(C(=O)OCC(C)C)[C@H](c2ccc(Cl)cc2)NC(=O)N1. The van der Waals surface area contributed by atoms with E-state index in [0.29, 0.717) is 22.9 Å². The van der Waals surface area contributed by atoms with Crippen molar-refractivity contribution in [2.45, 2.75) is 26.8 Å². The van der Waals surface area contributed by atoms with E-state index in [2.05, 4.69) is 10.6 Å². The number of urea groups is 1. The molecule has 22 heavy (non-hydrogen) atoms. The first-order valence-corrected chi connectivity index (χ1v) is 7.47. The first-order chi connectivity index (χ1) is 10.4. The molecule has 0 aromatic heterocycles. The molecule has 1 aliphatic heterocycles. The zero-order valence-electron chi connectivity index (χ0n) is 12.8. The molecule has 6 heteroatoms. The van der Waals surface area contributed by atoms with Crippen LogP contribution in [0.5, 0.6) is 0 Å². The molecule has 2 rings (SSSR count). The molecule has 0 spiro atoms. The number of carbonyl (C=O) groups is 2. The number of allylic oxidation sites excluding steroid dienone is 1. The van der Waals surface area contributed by atoms with E-state index in [4.69, 9.17) is 16.3 Å². The summed E-state index contributed by atoms with van der Waals surface area (Å²) in [5, 5.41) is 5.95. The summed E-state index contributed by atoms with van der Waals surface area (Å²) in [6, 6.07) is 6.10. The Bertz CT molecular complexity index is 608. The molecule has 0 aliphatic carbocycles. The molecule has 0 radical (unpaired) electrons. The van der Waals surface area contributed by atoms with Crippen molar-refractivity contribution in [2.24, 2.45) is 5.92 Å². The highest BCUT2D eigenvalue weighted by molar-refractivity contribution is 6.30. The number of benzene rings is 1. The largest absolute Gasteiger partial charge is 0.462 e. The third-order valence-corrected chi connectivity index (χ3v) is 3.49. The molecular weight excluding hydrogens is 304 g/mol. The molecule has 1 aromatic rings. The highest BCUT2D eigenvalue weighted by atomic mass is 35.5. The van der Waals surface area contributed by atoms with Gasteiger partial charge in [-0.25, -0.2) is 9.59 Å². The normalized spacial score (nSPS) is 18.0. The van der Waals surface area contributed by atoms with Crippen molar-refractivity contribution in [3.8, 4) is 0 Å². The van der Waals surface area contributed by atoms with Crippen LogP contribution in [0.2, 0.25) is 5.02 Å². The molecule has 0 saturated carbocycles. The third kappa shape index (κ3) is 3.80. The van der Waals surface area contributed by atoms with Crippen molar-refractivity contribution >= 4 is 23.6 Å². The van der Waals surface area contributed by atoms with Crippen LogP contribution in [-0.4, -0.2) is 18.6 Å². The minimum atomic E-state index is -0.550. The van der Waals surface area contributed by atoms with E-state index in [1.165, 1.54) is 0 Å². The predicted octanol–water partition coefficient (Wildman–Crippen LogP) is 3.17. The van der Waals surface area contributed by atoms with E-state index in [9.17, 15) is 9.59 Å². The smallest absolute Gasteiger partial charge is 0.338 e. The fraction of sp³-hybridized carbons (Fsp3) is 0.375. The van der Waals surface area contributed by atoms with E-state index < -0.39 is 12.0 Å². The van der Waals surface area contributed by atoms with Crippen molar-refractivity contribution in [3.05, 3.63) is 46.1 Å². The monoisotopic (exact) mass is 322 g/mol. The van der Waals surface area contributed by atoms with Crippen LogP contribution in [0.3, 0.4) is 0 Å². The summed E-state index contributed by atoms with van der Waals surface area (Å²) in [5.74, 6) is -0.191. The Morgan fingerprint density at radius 3 is 2.55 bits per heavy atom. The Kier molecular flexibility index (Phi) is 5.08. The minimum absolute atomic E-state index is 0.241. The number of nitrogens with one attached hydrogen (secondary N) is 2. The minimum Gasteiger partial charge on any atom is -0.462 e. The molecular formula is C16H19ClN2O3. The Hall–Kier alpha value is -2.01. The Morgan fingerprint density at radius 2 is 1.95 bits per heavy atom. The van der Waals surface area contributed by atoms with Crippen LogP contribution in [0.4, 0.5) is 4.79 Å². The summed E-state index contributed by atoms with van der Waals surface area (Å²) >= 11 is 5.89. The lowest BCUT2D eigenvalue weighted by Gasteiger charge is -2.28. The molecule has 0 saturated heterocycles. The summed E-state index contributed by atoms with van der Waals surface area (Å²) in [6.07, 6.45) is 0. The Labute approximate surface area is 134 Å². The van der Waals surface area contributed by atoms with Crippen molar-refractivity contribution in [3.63, 3.8) is 0 Å². The fourth-order valence-electron chi connectivity index (χ4n) is 2.19. The number of carbonyl (C=O) groups excluding carboxylic acids is 2. The van der Waals surface area contributed by atoms with Crippen molar-refractivity contribution in [1.29, 1.82) is 0 Å². The number of rotatable bonds is 4. The molecule has 2 amide bonds. The lowest BCUT2D eigenvalue weighted by Crippen LogP contribution is -2.45. The quantitative estimate of drug-likeness (QED) is 0.837. The molecule has 0 unspecified atom stereocenters. The van der Waals surface area contributed by atoms with Crippen LogP contribution in [-0.2, 0) is 9.53 Å². The average molecular weight is 323 g/mol. The lowest BCUT2D eigenvalue weighted by molar-refractivity contribution is -0.140. The van der Waals surface area contributed by atoms with Gasteiger partial charge in [0.05, 0.1) is 18.2 Å². The number of amides is 2. The standard InChI is InChI=1S/C16H19ClN2O3/c1-9(2)8-22-15(20)13-10(3)18-16(21)19-14(13)11-4-6-12(17)7-5-11/h4-7,9,14H,8H2,1-3H3,(H2,18,19,21)/t14-/m0/s1. The van der Waals surface area contributed by atoms with Crippen LogP contribution >= 0.6 is 11.6 Å². The van der Waals surface area contributed by atoms with Gasteiger partial charge < -0.3 is 15.4 Å². The maximum absolute atomic E-state index is 12.4. The number of hydrogen-bond acceptors (Lipinski definition) is 3. The van der Waals surface area contributed by atoms with Gasteiger partial charge in [-0.1, -0.05) is 37.6 Å². The summed E-state index contributed by atoms with van der Waals surface area (Å²) in [5.41, 5.74) is 1.68. The van der Waals surface area contributed by atoms with Gasteiger partial charge in [0.2, 0.25) is 0 Å². The van der Waals surface area contributed by atoms with Crippen LogP contribution in [0.1, 0.15) is 32.4 Å². The molecule has 1 aliphatic rings. The second kappa shape index (κ2) is 6.83. The van der Waals surface area contributed by atoms with Crippen molar-refractivity contribution < 1.29 is 14.3 Å². The maximum atomic E-state index is 12.4. The van der Waals surface area contributed by atoms with Crippen molar-refractivity contribution in [2.75, 3.05) is 6.61 Å². The van der Waals surface area contributed by atoms with E-state index in [1.807, 2.05) is 13.8 Å². The molecule has 0 fully saturated rings. The highest BCUT2D eigenvalue weighted by Crippen LogP contribution is 2.28. The predicted molar refractivity (Wildman–Crippen MR) is 84.4 cm³/mol. The van der Waals surface area contributed by atoms with Gasteiger partial charge in [-0.15, -0.1) is 0 Å². The number of ether oxygens (including phenoxy) is 1.